The summed E-state index contributed by atoms with van der Waals surface area (Å²) in [5.74, 6) is 2.34. The van der Waals surface area contributed by atoms with Gasteiger partial charge in [0.2, 0.25) is 0 Å². The van der Waals surface area contributed by atoms with Gasteiger partial charge in [0, 0.05) is 30.4 Å². The highest BCUT2D eigenvalue weighted by Crippen LogP contribution is 2.41. The van der Waals surface area contributed by atoms with Crippen LogP contribution in [-0.4, -0.2) is 47.6 Å². The lowest BCUT2D eigenvalue weighted by Gasteiger charge is -2.21. The monoisotopic (exact) mass is 386 g/mol. The topological polar surface area (TPSA) is 72.5 Å². The number of allylic oxidation sites excluding steroid dienone is 1. The van der Waals surface area contributed by atoms with Gasteiger partial charge in [0.25, 0.3) is 0 Å². The summed E-state index contributed by atoms with van der Waals surface area (Å²) >= 11 is 0. The van der Waals surface area contributed by atoms with Gasteiger partial charge in [-0.25, -0.2) is 0 Å². The van der Waals surface area contributed by atoms with Crippen molar-refractivity contribution in [3.8, 4) is 28.7 Å². The maximum atomic E-state index is 13.3. The number of hydrogen-bond acceptors (Lipinski definition) is 7. The minimum Gasteiger partial charge on any atom is -0.497 e. The first kappa shape index (κ1) is 19.6. The van der Waals surface area contributed by atoms with Gasteiger partial charge in [0.05, 0.1) is 26.9 Å². The molecule has 0 unspecified atom stereocenters. The molecule has 1 aliphatic heterocycles. The van der Waals surface area contributed by atoms with E-state index in [1.165, 1.54) is 7.11 Å². The van der Waals surface area contributed by atoms with Gasteiger partial charge in [-0.15, -0.1) is 0 Å². The van der Waals surface area contributed by atoms with Gasteiger partial charge in [-0.2, -0.15) is 0 Å². The molecule has 0 saturated carbocycles. The number of hydrogen-bond donors (Lipinski definition) is 0. The number of ketones is 1. The van der Waals surface area contributed by atoms with E-state index in [-0.39, 0.29) is 19.2 Å². The molecular weight excluding hydrogens is 364 g/mol. The Bertz CT molecular complexity index is 902. The molecule has 0 spiro atoms. The highest BCUT2D eigenvalue weighted by atomic mass is 16.7. The molecule has 0 atom stereocenters. The minimum absolute atomic E-state index is 0.0111. The third kappa shape index (κ3) is 3.75. The highest BCUT2D eigenvalue weighted by Gasteiger charge is 2.26. The number of carbonyl (C=O) groups excluding carboxylic acids is 1. The summed E-state index contributed by atoms with van der Waals surface area (Å²) in [6.07, 6.45) is 1.74. The summed E-state index contributed by atoms with van der Waals surface area (Å²) in [7, 11) is 6.15. The largest absolute Gasteiger partial charge is 0.497 e. The van der Waals surface area contributed by atoms with Crippen LogP contribution in [0, 0.1) is 0 Å². The summed E-state index contributed by atoms with van der Waals surface area (Å²) in [5.41, 5.74) is 1.52. The number of methoxy groups -OCH3 is 4. The van der Waals surface area contributed by atoms with Crippen LogP contribution in [0.5, 0.6) is 28.7 Å². The molecule has 1 aliphatic rings. The van der Waals surface area contributed by atoms with Gasteiger partial charge in [-0.3, -0.25) is 4.79 Å². The van der Waals surface area contributed by atoms with Crippen molar-refractivity contribution in [1.29, 1.82) is 0 Å². The lowest BCUT2D eigenvalue weighted by molar-refractivity contribution is 0.0502. The van der Waals surface area contributed by atoms with E-state index in [2.05, 4.69) is 0 Å². The summed E-state index contributed by atoms with van der Waals surface area (Å²) in [6.45, 7) is 0.283. The summed E-state index contributed by atoms with van der Waals surface area (Å²) in [4.78, 5) is 13.3. The van der Waals surface area contributed by atoms with Crippen molar-refractivity contribution in [3.63, 3.8) is 0 Å². The predicted octanol–water partition coefficient (Wildman–Crippen LogP) is 3.35. The van der Waals surface area contributed by atoms with Gasteiger partial charge >= 0.3 is 0 Å². The molecule has 0 saturated heterocycles. The van der Waals surface area contributed by atoms with Crippen LogP contribution in [0.2, 0.25) is 0 Å². The van der Waals surface area contributed by atoms with Crippen molar-refractivity contribution in [3.05, 3.63) is 47.5 Å². The fourth-order valence-electron chi connectivity index (χ4n) is 2.93. The number of carbonyl (C=O) groups is 1. The third-order valence-electron chi connectivity index (χ3n) is 4.31. The standard InChI is InChI=1S/C21H22O7/c1-23-12-28-17-9-13(24-2)5-6-15(17)21(22)14-7-8-27-18-11-20(26-4)19(25-3)10-16(14)18/h5-7,9-11H,8,12H2,1-4H3. The first-order valence-corrected chi connectivity index (χ1v) is 8.56. The zero-order valence-electron chi connectivity index (χ0n) is 16.2. The van der Waals surface area contributed by atoms with Crippen molar-refractivity contribution < 1.29 is 33.2 Å². The average molecular weight is 386 g/mol. The van der Waals surface area contributed by atoms with Gasteiger partial charge in [-0.05, 0) is 24.3 Å². The number of rotatable bonds is 8. The molecule has 3 rings (SSSR count). The molecule has 28 heavy (non-hydrogen) atoms. The molecule has 0 aliphatic carbocycles. The quantitative estimate of drug-likeness (QED) is 0.509. The summed E-state index contributed by atoms with van der Waals surface area (Å²) in [5, 5.41) is 0. The van der Waals surface area contributed by atoms with Crippen molar-refractivity contribution >= 4 is 11.4 Å². The molecule has 1 heterocycles. The normalized spacial score (nSPS) is 12.4. The number of ether oxygens (including phenoxy) is 6. The lowest BCUT2D eigenvalue weighted by Crippen LogP contribution is -2.13. The van der Waals surface area contributed by atoms with Gasteiger partial charge in [0.1, 0.15) is 23.9 Å². The van der Waals surface area contributed by atoms with E-state index >= 15 is 0 Å². The molecule has 0 radical (unpaired) electrons. The lowest BCUT2D eigenvalue weighted by atomic mass is 9.93. The number of Topliss-reactive ketones (excluding diaryl/α,β-unsaturated/α-hetero) is 1. The molecule has 7 nitrogen and oxygen atoms in total. The Morgan fingerprint density at radius 3 is 2.39 bits per heavy atom. The van der Waals surface area contributed by atoms with E-state index in [9.17, 15) is 4.79 Å². The van der Waals surface area contributed by atoms with E-state index in [0.29, 0.717) is 45.4 Å². The smallest absolute Gasteiger partial charge is 0.197 e. The minimum atomic E-state index is -0.203. The van der Waals surface area contributed by atoms with Crippen LogP contribution < -0.4 is 23.7 Å². The molecule has 0 amide bonds. The SMILES string of the molecule is COCOc1cc(OC)ccc1C(=O)C1=CCOc2cc(OC)c(OC)cc21. The molecule has 2 aromatic rings. The highest BCUT2D eigenvalue weighted by molar-refractivity contribution is 6.30. The predicted molar refractivity (Wildman–Crippen MR) is 103 cm³/mol. The van der Waals surface area contributed by atoms with E-state index in [4.69, 9.17) is 28.4 Å². The van der Waals surface area contributed by atoms with Crippen molar-refractivity contribution in [2.24, 2.45) is 0 Å². The van der Waals surface area contributed by atoms with Crippen molar-refractivity contribution in [2.45, 2.75) is 0 Å². The second kappa shape index (κ2) is 8.67. The first-order chi connectivity index (χ1) is 13.6. The first-order valence-electron chi connectivity index (χ1n) is 8.56. The molecule has 7 heteroatoms. The average Bonchev–Trinajstić information content (AvgIpc) is 2.75. The Balaban J connectivity index is 2.04. The fourth-order valence-corrected chi connectivity index (χ4v) is 2.93. The molecular formula is C21H22O7. The maximum absolute atomic E-state index is 13.3. The van der Waals surface area contributed by atoms with E-state index in [1.54, 1.807) is 57.7 Å². The third-order valence-corrected chi connectivity index (χ3v) is 4.31. The molecule has 0 N–H and O–H groups in total. The second-order valence-corrected chi connectivity index (χ2v) is 5.87. The van der Waals surface area contributed by atoms with Crippen LogP contribution >= 0.6 is 0 Å². The summed E-state index contributed by atoms with van der Waals surface area (Å²) in [6, 6.07) is 8.48. The Morgan fingerprint density at radius 1 is 0.964 bits per heavy atom. The molecule has 148 valence electrons. The maximum Gasteiger partial charge on any atom is 0.197 e. The Labute approximate surface area is 163 Å². The fraction of sp³-hybridized carbons (Fsp3) is 0.286. The van der Waals surface area contributed by atoms with E-state index in [0.717, 1.165) is 0 Å². The number of benzene rings is 2. The zero-order valence-corrected chi connectivity index (χ0v) is 16.2. The van der Waals surface area contributed by atoms with E-state index in [1.807, 2.05) is 0 Å². The Morgan fingerprint density at radius 2 is 1.71 bits per heavy atom. The van der Waals surface area contributed by atoms with E-state index < -0.39 is 0 Å². The molecule has 0 fully saturated rings. The van der Waals surface area contributed by atoms with Gasteiger partial charge in [0.15, 0.2) is 24.1 Å². The van der Waals surface area contributed by atoms with Crippen LogP contribution in [0.15, 0.2) is 36.4 Å². The van der Waals surface area contributed by atoms with Crippen LogP contribution in [-0.2, 0) is 4.74 Å². The van der Waals surface area contributed by atoms with Gasteiger partial charge < -0.3 is 28.4 Å². The number of fused-ring (bicyclic) bond motifs is 1. The second-order valence-electron chi connectivity index (χ2n) is 5.87. The van der Waals surface area contributed by atoms with Crippen LogP contribution in [0.4, 0.5) is 0 Å². The molecule has 0 bridgehead atoms. The van der Waals surface area contributed by atoms with Crippen LogP contribution in [0.1, 0.15) is 15.9 Å². The Hall–Kier alpha value is -3.19. The van der Waals surface area contributed by atoms with Crippen molar-refractivity contribution in [1.82, 2.24) is 0 Å². The zero-order chi connectivity index (χ0) is 20.1. The Kier molecular flexibility index (Phi) is 6.06. The van der Waals surface area contributed by atoms with Crippen molar-refractivity contribution in [2.75, 3.05) is 41.8 Å². The molecule has 2 aromatic carbocycles. The van der Waals surface area contributed by atoms with Crippen LogP contribution in [0.25, 0.3) is 5.57 Å². The van der Waals surface area contributed by atoms with Crippen LogP contribution in [0.3, 0.4) is 0 Å². The van der Waals surface area contributed by atoms with Gasteiger partial charge in [-0.1, -0.05) is 0 Å². The molecule has 0 aromatic heterocycles. The summed E-state index contributed by atoms with van der Waals surface area (Å²) < 4.78 is 32.1.